The van der Waals surface area contributed by atoms with Gasteiger partial charge in [-0.05, 0) is 60.9 Å². The van der Waals surface area contributed by atoms with Crippen LogP contribution in [0.1, 0.15) is 12.0 Å². The van der Waals surface area contributed by atoms with Crippen LogP contribution >= 0.6 is 27.7 Å². The number of hydrogen-bond acceptors (Lipinski definition) is 2. The first-order valence-corrected chi connectivity index (χ1v) is 8.68. The normalized spacial score (nSPS) is 12.3. The topological polar surface area (TPSA) is 26.0 Å². The molecule has 2 aromatic carbocycles. The highest BCUT2D eigenvalue weighted by Crippen LogP contribution is 2.22. The number of halogens is 1. The van der Waals surface area contributed by atoms with E-state index in [4.69, 9.17) is 5.73 Å². The first-order chi connectivity index (χ1) is 9.78. The molecule has 2 rings (SSSR count). The Morgan fingerprint density at radius 1 is 1.05 bits per heavy atom. The number of rotatable bonds is 7. The van der Waals surface area contributed by atoms with Crippen molar-refractivity contribution in [2.24, 2.45) is 11.7 Å². The largest absolute Gasteiger partial charge is 0.330 e. The monoisotopic (exact) mass is 349 g/mol. The van der Waals surface area contributed by atoms with Crippen LogP contribution in [0.25, 0.3) is 0 Å². The standard InChI is InChI=1S/C17H20BrNS/c18-16-6-4-5-14(12-16)11-15(13-19)9-10-20-17-7-2-1-3-8-17/h1-8,12,15H,9-11,13,19H2. The molecule has 0 aliphatic heterocycles. The lowest BCUT2D eigenvalue weighted by Gasteiger charge is -2.14. The molecule has 0 bridgehead atoms. The zero-order valence-electron chi connectivity index (χ0n) is 11.5. The summed E-state index contributed by atoms with van der Waals surface area (Å²) in [6, 6.07) is 19.1. The Balaban J connectivity index is 1.80. The number of thioether (sulfide) groups is 1. The molecular formula is C17H20BrNS. The van der Waals surface area contributed by atoms with Crippen LogP contribution in [0.2, 0.25) is 0 Å². The second-order valence-corrected chi connectivity index (χ2v) is 6.97. The van der Waals surface area contributed by atoms with Crippen molar-refractivity contribution in [3.63, 3.8) is 0 Å². The summed E-state index contributed by atoms with van der Waals surface area (Å²) in [5.41, 5.74) is 7.28. The summed E-state index contributed by atoms with van der Waals surface area (Å²) < 4.78 is 1.14. The first kappa shape index (κ1) is 15.6. The maximum Gasteiger partial charge on any atom is 0.0177 e. The van der Waals surface area contributed by atoms with Crippen LogP contribution in [0.15, 0.2) is 64.0 Å². The number of hydrogen-bond donors (Lipinski definition) is 1. The second-order valence-electron chi connectivity index (χ2n) is 4.89. The highest BCUT2D eigenvalue weighted by atomic mass is 79.9. The van der Waals surface area contributed by atoms with E-state index in [1.165, 1.54) is 10.5 Å². The Labute approximate surface area is 134 Å². The molecule has 3 heteroatoms. The van der Waals surface area contributed by atoms with Crippen LogP contribution in [0.3, 0.4) is 0 Å². The third-order valence-corrected chi connectivity index (χ3v) is 4.82. The van der Waals surface area contributed by atoms with E-state index in [2.05, 4.69) is 70.5 Å². The Morgan fingerprint density at radius 3 is 2.55 bits per heavy atom. The zero-order valence-corrected chi connectivity index (χ0v) is 13.9. The van der Waals surface area contributed by atoms with Crippen molar-refractivity contribution >= 4 is 27.7 Å². The third kappa shape index (κ3) is 5.31. The van der Waals surface area contributed by atoms with E-state index < -0.39 is 0 Å². The van der Waals surface area contributed by atoms with Gasteiger partial charge in [-0.25, -0.2) is 0 Å². The highest BCUT2D eigenvalue weighted by Gasteiger charge is 2.08. The van der Waals surface area contributed by atoms with Gasteiger partial charge in [0, 0.05) is 9.37 Å². The van der Waals surface area contributed by atoms with Crippen LogP contribution in [0.4, 0.5) is 0 Å². The van der Waals surface area contributed by atoms with E-state index >= 15 is 0 Å². The van der Waals surface area contributed by atoms with Gasteiger partial charge in [0.15, 0.2) is 0 Å². The minimum Gasteiger partial charge on any atom is -0.330 e. The number of nitrogens with two attached hydrogens (primary N) is 1. The molecule has 1 nitrogen and oxygen atoms in total. The summed E-state index contributed by atoms with van der Waals surface area (Å²) in [4.78, 5) is 1.34. The lowest BCUT2D eigenvalue weighted by Crippen LogP contribution is -2.17. The number of benzene rings is 2. The van der Waals surface area contributed by atoms with Crippen LogP contribution < -0.4 is 5.73 Å². The van der Waals surface area contributed by atoms with Crippen molar-refractivity contribution in [3.05, 3.63) is 64.6 Å². The van der Waals surface area contributed by atoms with Crippen LogP contribution in [-0.2, 0) is 6.42 Å². The molecule has 2 aromatic rings. The van der Waals surface area contributed by atoms with Crippen molar-refractivity contribution < 1.29 is 0 Å². The zero-order chi connectivity index (χ0) is 14.2. The van der Waals surface area contributed by atoms with Crippen molar-refractivity contribution in [2.75, 3.05) is 12.3 Å². The van der Waals surface area contributed by atoms with E-state index in [9.17, 15) is 0 Å². The van der Waals surface area contributed by atoms with Gasteiger partial charge in [0.2, 0.25) is 0 Å². The fourth-order valence-electron chi connectivity index (χ4n) is 2.16. The molecule has 20 heavy (non-hydrogen) atoms. The van der Waals surface area contributed by atoms with Crippen molar-refractivity contribution in [3.8, 4) is 0 Å². The summed E-state index contributed by atoms with van der Waals surface area (Å²) in [6.07, 6.45) is 2.22. The Morgan fingerprint density at radius 2 is 1.85 bits per heavy atom. The smallest absolute Gasteiger partial charge is 0.0177 e. The molecule has 0 spiro atoms. The lowest BCUT2D eigenvalue weighted by atomic mass is 9.97. The summed E-state index contributed by atoms with van der Waals surface area (Å²) in [7, 11) is 0. The molecule has 0 amide bonds. The lowest BCUT2D eigenvalue weighted by molar-refractivity contribution is 0.523. The van der Waals surface area contributed by atoms with E-state index in [1.807, 2.05) is 11.8 Å². The SMILES string of the molecule is NCC(CCSc1ccccc1)Cc1cccc(Br)c1. The molecule has 0 saturated heterocycles. The Bertz CT molecular complexity index is 515. The molecule has 106 valence electrons. The third-order valence-electron chi connectivity index (χ3n) is 3.28. The van der Waals surface area contributed by atoms with Gasteiger partial charge in [-0.2, -0.15) is 0 Å². The predicted octanol–water partition coefficient (Wildman–Crippen LogP) is 4.75. The van der Waals surface area contributed by atoms with Gasteiger partial charge >= 0.3 is 0 Å². The maximum atomic E-state index is 5.92. The molecule has 0 heterocycles. The predicted molar refractivity (Wildman–Crippen MR) is 92.2 cm³/mol. The van der Waals surface area contributed by atoms with Crippen LogP contribution in [-0.4, -0.2) is 12.3 Å². The van der Waals surface area contributed by atoms with Gasteiger partial charge in [-0.15, -0.1) is 11.8 Å². The molecule has 0 aliphatic rings. The van der Waals surface area contributed by atoms with Gasteiger partial charge in [-0.3, -0.25) is 0 Å². The second kappa shape index (κ2) is 8.50. The molecular weight excluding hydrogens is 330 g/mol. The van der Waals surface area contributed by atoms with E-state index in [-0.39, 0.29) is 0 Å². The van der Waals surface area contributed by atoms with Crippen LogP contribution in [0, 0.1) is 5.92 Å². The molecule has 2 N–H and O–H groups in total. The molecule has 1 unspecified atom stereocenters. The van der Waals surface area contributed by atoms with Crippen molar-refractivity contribution in [2.45, 2.75) is 17.7 Å². The maximum absolute atomic E-state index is 5.92. The summed E-state index contributed by atoms with van der Waals surface area (Å²) in [6.45, 7) is 0.752. The van der Waals surface area contributed by atoms with Crippen molar-refractivity contribution in [1.29, 1.82) is 0 Å². The Kier molecular flexibility index (Phi) is 6.64. The average molecular weight is 350 g/mol. The summed E-state index contributed by atoms with van der Waals surface area (Å²) >= 11 is 5.43. The summed E-state index contributed by atoms with van der Waals surface area (Å²) in [5.74, 6) is 1.68. The fourth-order valence-corrected chi connectivity index (χ4v) is 3.64. The van der Waals surface area contributed by atoms with Gasteiger partial charge in [0.1, 0.15) is 0 Å². The molecule has 0 aliphatic carbocycles. The molecule has 1 atom stereocenters. The fraction of sp³-hybridized carbons (Fsp3) is 0.294. The minimum absolute atomic E-state index is 0.556. The minimum atomic E-state index is 0.556. The van der Waals surface area contributed by atoms with E-state index in [1.54, 1.807) is 0 Å². The molecule has 0 radical (unpaired) electrons. The highest BCUT2D eigenvalue weighted by molar-refractivity contribution is 9.10. The van der Waals surface area contributed by atoms with Gasteiger partial charge in [0.05, 0.1) is 0 Å². The average Bonchev–Trinajstić information content (AvgIpc) is 2.47. The van der Waals surface area contributed by atoms with Gasteiger partial charge in [-0.1, -0.05) is 46.3 Å². The van der Waals surface area contributed by atoms with Crippen molar-refractivity contribution in [1.82, 2.24) is 0 Å². The van der Waals surface area contributed by atoms with E-state index in [0.29, 0.717) is 5.92 Å². The summed E-state index contributed by atoms with van der Waals surface area (Å²) in [5, 5.41) is 0. The van der Waals surface area contributed by atoms with Gasteiger partial charge in [0.25, 0.3) is 0 Å². The van der Waals surface area contributed by atoms with Gasteiger partial charge < -0.3 is 5.73 Å². The quantitative estimate of drug-likeness (QED) is 0.730. The molecule has 0 fully saturated rings. The first-order valence-electron chi connectivity index (χ1n) is 6.90. The van der Waals surface area contributed by atoms with E-state index in [0.717, 1.165) is 29.6 Å². The molecule has 0 saturated carbocycles. The Hall–Kier alpha value is -0.770. The molecule has 0 aromatic heterocycles. The van der Waals surface area contributed by atoms with Crippen LogP contribution in [0.5, 0.6) is 0 Å².